The van der Waals surface area contributed by atoms with Gasteiger partial charge in [0.15, 0.2) is 11.5 Å². The molecule has 2 atom stereocenters. The predicted octanol–water partition coefficient (Wildman–Crippen LogP) is 3.80. The third-order valence-corrected chi connectivity index (χ3v) is 5.38. The SMILES string of the molecule is O=C(C1=C(O)C(=O)N(C[C@@H]2CCCO2)[C@H]1c1cccc(Br)c1)c1ccco1. The number of carbonyl (C=O) groups excluding carboxylic acids is 2. The summed E-state index contributed by atoms with van der Waals surface area (Å²) in [7, 11) is 0. The van der Waals surface area contributed by atoms with Crippen LogP contribution in [-0.2, 0) is 9.53 Å². The van der Waals surface area contributed by atoms with Crippen LogP contribution in [0.1, 0.15) is 35.0 Å². The number of amides is 1. The highest BCUT2D eigenvalue weighted by molar-refractivity contribution is 9.10. The Morgan fingerprint density at radius 3 is 2.81 bits per heavy atom. The molecule has 7 heteroatoms. The minimum atomic E-state index is -0.697. The van der Waals surface area contributed by atoms with Gasteiger partial charge in [0.2, 0.25) is 5.78 Å². The summed E-state index contributed by atoms with van der Waals surface area (Å²) in [4.78, 5) is 27.3. The number of nitrogens with zero attached hydrogens (tertiary/aromatic N) is 1. The van der Waals surface area contributed by atoms with Crippen LogP contribution in [0.3, 0.4) is 0 Å². The molecule has 0 spiro atoms. The second-order valence-corrected chi connectivity index (χ2v) is 7.53. The molecule has 4 rings (SSSR count). The summed E-state index contributed by atoms with van der Waals surface area (Å²) < 4.78 is 11.7. The predicted molar refractivity (Wildman–Crippen MR) is 100 cm³/mol. The van der Waals surface area contributed by atoms with Gasteiger partial charge in [0, 0.05) is 17.6 Å². The fourth-order valence-corrected chi connectivity index (χ4v) is 4.06. The number of hydrogen-bond acceptors (Lipinski definition) is 5. The molecular weight excluding hydrogens is 414 g/mol. The quantitative estimate of drug-likeness (QED) is 0.728. The molecule has 2 aliphatic heterocycles. The monoisotopic (exact) mass is 431 g/mol. The van der Waals surface area contributed by atoms with Gasteiger partial charge in [-0.2, -0.15) is 0 Å². The van der Waals surface area contributed by atoms with E-state index in [0.29, 0.717) is 13.2 Å². The number of ether oxygens (including phenoxy) is 1. The number of carbonyl (C=O) groups is 2. The number of rotatable bonds is 5. The lowest BCUT2D eigenvalue weighted by molar-refractivity contribution is -0.131. The lowest BCUT2D eigenvalue weighted by atomic mass is 9.95. The van der Waals surface area contributed by atoms with E-state index in [1.807, 2.05) is 24.3 Å². The third-order valence-electron chi connectivity index (χ3n) is 4.88. The molecule has 0 unspecified atom stereocenters. The minimum absolute atomic E-state index is 0.0334. The average Bonchev–Trinajstić information content (AvgIpc) is 3.40. The van der Waals surface area contributed by atoms with E-state index in [2.05, 4.69) is 15.9 Å². The molecule has 0 saturated carbocycles. The highest BCUT2D eigenvalue weighted by Crippen LogP contribution is 2.40. The average molecular weight is 432 g/mol. The summed E-state index contributed by atoms with van der Waals surface area (Å²) in [5.74, 6) is -1.50. The second-order valence-electron chi connectivity index (χ2n) is 6.62. The summed E-state index contributed by atoms with van der Waals surface area (Å²) in [5.41, 5.74) is 0.765. The van der Waals surface area contributed by atoms with Gasteiger partial charge in [-0.05, 0) is 42.7 Å². The number of ketones is 1. The van der Waals surface area contributed by atoms with Gasteiger partial charge in [-0.25, -0.2) is 0 Å². The van der Waals surface area contributed by atoms with E-state index >= 15 is 0 Å². The molecule has 2 aliphatic rings. The highest BCUT2D eigenvalue weighted by Gasteiger charge is 2.45. The smallest absolute Gasteiger partial charge is 0.290 e. The first-order chi connectivity index (χ1) is 13.1. The first-order valence-corrected chi connectivity index (χ1v) is 9.55. The van der Waals surface area contributed by atoms with E-state index in [1.54, 1.807) is 6.07 Å². The van der Waals surface area contributed by atoms with Crippen molar-refractivity contribution in [1.29, 1.82) is 0 Å². The molecule has 0 aliphatic carbocycles. The van der Waals surface area contributed by atoms with Crippen molar-refractivity contribution in [3.05, 3.63) is 69.8 Å². The fourth-order valence-electron chi connectivity index (χ4n) is 3.65. The van der Waals surface area contributed by atoms with Gasteiger partial charge in [0.1, 0.15) is 0 Å². The summed E-state index contributed by atoms with van der Waals surface area (Å²) in [6, 6.07) is 9.79. The molecule has 0 bridgehead atoms. The molecule has 1 aromatic heterocycles. The van der Waals surface area contributed by atoms with Crippen molar-refractivity contribution in [3.63, 3.8) is 0 Å². The number of halogens is 1. The molecule has 2 aromatic rings. The normalized spacial score (nSPS) is 22.7. The van der Waals surface area contributed by atoms with Gasteiger partial charge >= 0.3 is 0 Å². The molecule has 1 amide bonds. The van der Waals surface area contributed by atoms with Gasteiger partial charge in [0.25, 0.3) is 5.91 Å². The zero-order valence-corrected chi connectivity index (χ0v) is 16.0. The second kappa shape index (κ2) is 7.32. The standard InChI is InChI=1S/C20H18BrNO5/c21-13-5-1-4-12(10-13)17-16(18(23)15-7-3-9-27-15)19(24)20(25)22(17)11-14-6-2-8-26-14/h1,3-5,7,9-10,14,17,24H,2,6,8,11H2/t14-,17-/m0/s1. The Morgan fingerprint density at radius 2 is 2.15 bits per heavy atom. The molecule has 6 nitrogen and oxygen atoms in total. The van der Waals surface area contributed by atoms with Crippen LogP contribution in [0, 0.1) is 0 Å². The summed E-state index contributed by atoms with van der Waals surface area (Å²) in [6.45, 7) is 0.973. The number of Topliss-reactive ketones (excluding diaryl/α,β-unsaturated/α-hetero) is 1. The van der Waals surface area contributed by atoms with Crippen molar-refractivity contribution in [3.8, 4) is 0 Å². The van der Waals surface area contributed by atoms with Crippen LogP contribution in [0.15, 0.2) is 62.9 Å². The first-order valence-electron chi connectivity index (χ1n) is 8.75. The molecular formula is C20H18BrNO5. The van der Waals surface area contributed by atoms with E-state index in [-0.39, 0.29) is 17.4 Å². The topological polar surface area (TPSA) is 80.0 Å². The Labute approximate surface area is 164 Å². The Morgan fingerprint density at radius 1 is 1.30 bits per heavy atom. The number of furan rings is 1. The lowest BCUT2D eigenvalue weighted by Gasteiger charge is -2.28. The summed E-state index contributed by atoms with van der Waals surface area (Å²) >= 11 is 3.43. The van der Waals surface area contributed by atoms with E-state index < -0.39 is 23.5 Å². The molecule has 1 fully saturated rings. The van der Waals surface area contributed by atoms with E-state index in [0.717, 1.165) is 22.9 Å². The lowest BCUT2D eigenvalue weighted by Crippen LogP contribution is -2.37. The van der Waals surface area contributed by atoms with E-state index in [1.165, 1.54) is 17.2 Å². The highest BCUT2D eigenvalue weighted by atomic mass is 79.9. The molecule has 0 radical (unpaired) electrons. The van der Waals surface area contributed by atoms with Crippen molar-refractivity contribution in [2.24, 2.45) is 0 Å². The molecule has 1 saturated heterocycles. The molecule has 1 aromatic carbocycles. The number of benzene rings is 1. The number of hydrogen-bond donors (Lipinski definition) is 1. The fraction of sp³-hybridized carbons (Fsp3) is 0.300. The Kier molecular flexibility index (Phi) is 4.88. The third kappa shape index (κ3) is 3.33. The van der Waals surface area contributed by atoms with Gasteiger partial charge in [-0.1, -0.05) is 28.1 Å². The maximum atomic E-state index is 13.0. The van der Waals surface area contributed by atoms with Gasteiger partial charge in [0.05, 0.1) is 24.0 Å². The van der Waals surface area contributed by atoms with Crippen molar-refractivity contribution in [1.82, 2.24) is 4.90 Å². The number of aliphatic hydroxyl groups is 1. The molecule has 140 valence electrons. The Hall–Kier alpha value is -2.38. The maximum absolute atomic E-state index is 13.0. The first kappa shape index (κ1) is 18.0. The van der Waals surface area contributed by atoms with Crippen LogP contribution in [0.2, 0.25) is 0 Å². The van der Waals surface area contributed by atoms with Gasteiger partial charge in [-0.3, -0.25) is 9.59 Å². The summed E-state index contributed by atoms with van der Waals surface area (Å²) in [5, 5.41) is 10.5. The molecule has 3 heterocycles. The van der Waals surface area contributed by atoms with Crippen LogP contribution < -0.4 is 0 Å². The van der Waals surface area contributed by atoms with E-state index in [4.69, 9.17) is 9.15 Å². The zero-order chi connectivity index (χ0) is 19.0. The van der Waals surface area contributed by atoms with Crippen molar-refractivity contribution in [2.75, 3.05) is 13.2 Å². The van der Waals surface area contributed by atoms with Crippen molar-refractivity contribution < 1.29 is 23.8 Å². The minimum Gasteiger partial charge on any atom is -0.503 e. The Bertz CT molecular complexity index is 899. The number of aliphatic hydroxyl groups excluding tert-OH is 1. The van der Waals surface area contributed by atoms with Gasteiger partial charge in [-0.15, -0.1) is 0 Å². The summed E-state index contributed by atoms with van der Waals surface area (Å²) in [6.07, 6.45) is 3.07. The molecule has 27 heavy (non-hydrogen) atoms. The molecule has 1 N–H and O–H groups in total. The van der Waals surface area contributed by atoms with Crippen molar-refractivity contribution in [2.45, 2.75) is 25.0 Å². The van der Waals surface area contributed by atoms with Crippen LogP contribution in [0.4, 0.5) is 0 Å². The van der Waals surface area contributed by atoms with Crippen LogP contribution in [0.5, 0.6) is 0 Å². The Balaban J connectivity index is 1.76. The largest absolute Gasteiger partial charge is 0.503 e. The van der Waals surface area contributed by atoms with Crippen LogP contribution in [-0.4, -0.2) is 41.0 Å². The van der Waals surface area contributed by atoms with E-state index in [9.17, 15) is 14.7 Å². The zero-order valence-electron chi connectivity index (χ0n) is 14.4. The maximum Gasteiger partial charge on any atom is 0.290 e. The van der Waals surface area contributed by atoms with Gasteiger partial charge < -0.3 is 19.2 Å². The van der Waals surface area contributed by atoms with Crippen LogP contribution in [0.25, 0.3) is 0 Å². The van der Waals surface area contributed by atoms with Crippen LogP contribution >= 0.6 is 15.9 Å². The van der Waals surface area contributed by atoms with Crippen molar-refractivity contribution >= 4 is 27.6 Å².